The zero-order chi connectivity index (χ0) is 13.5. The summed E-state index contributed by atoms with van der Waals surface area (Å²) < 4.78 is 0. The van der Waals surface area contributed by atoms with Gasteiger partial charge in [-0.2, -0.15) is 0 Å². The number of nitrogens with one attached hydrogen (secondary N) is 1. The number of fused-ring (bicyclic) bond motifs is 2. The Kier molecular flexibility index (Phi) is 2.54. The van der Waals surface area contributed by atoms with Gasteiger partial charge in [-0.05, 0) is 46.7 Å². The summed E-state index contributed by atoms with van der Waals surface area (Å²) in [6.45, 7) is 0. The molecule has 96 valence electrons. The van der Waals surface area contributed by atoms with Gasteiger partial charge >= 0.3 is 0 Å². The van der Waals surface area contributed by atoms with E-state index < -0.39 is 0 Å². The molecule has 0 saturated carbocycles. The van der Waals surface area contributed by atoms with E-state index in [1.807, 2.05) is 18.2 Å². The fraction of sp³-hybridized carbons (Fsp3) is 0. The molecule has 20 heavy (non-hydrogen) atoms. The third kappa shape index (κ3) is 1.87. The smallest absolute Gasteiger partial charge is 0.0465 e. The molecule has 1 heterocycles. The summed E-state index contributed by atoms with van der Waals surface area (Å²) in [5.41, 5.74) is 3.36. The molecule has 0 saturated heterocycles. The maximum absolute atomic E-state index is 6.06. The molecule has 1 aromatic heterocycles. The largest absolute Gasteiger partial charge is 0.355 e. The number of benzene rings is 3. The molecule has 0 aliphatic heterocycles. The molecule has 0 aliphatic carbocycles. The lowest BCUT2D eigenvalue weighted by Gasteiger charge is -1.98. The maximum atomic E-state index is 6.06. The van der Waals surface area contributed by atoms with Crippen molar-refractivity contribution >= 4 is 33.3 Å². The second-order valence-corrected chi connectivity index (χ2v) is 5.42. The molecule has 0 bridgehead atoms. The standard InChI is InChI=1S/C18H12ClN/c19-16-7-3-6-14(9-16)17-11-15-8-12-4-1-2-5-13(12)10-18(15)20-17/h1-11,20H. The van der Waals surface area contributed by atoms with Crippen LogP contribution in [0.5, 0.6) is 0 Å². The van der Waals surface area contributed by atoms with Gasteiger partial charge in [0.15, 0.2) is 0 Å². The fourth-order valence-corrected chi connectivity index (χ4v) is 2.82. The van der Waals surface area contributed by atoms with Crippen LogP contribution >= 0.6 is 11.6 Å². The van der Waals surface area contributed by atoms with Crippen LogP contribution in [0.2, 0.25) is 5.02 Å². The molecule has 0 spiro atoms. The Balaban J connectivity index is 1.96. The SMILES string of the molecule is Clc1cccc(-c2cc3cc4ccccc4cc3[nH]2)c1. The highest BCUT2D eigenvalue weighted by molar-refractivity contribution is 6.30. The number of H-pyrrole nitrogens is 1. The number of rotatable bonds is 1. The average Bonchev–Trinajstić information content (AvgIpc) is 2.87. The van der Waals surface area contributed by atoms with Gasteiger partial charge in [0.1, 0.15) is 0 Å². The van der Waals surface area contributed by atoms with Crippen molar-refractivity contribution < 1.29 is 0 Å². The van der Waals surface area contributed by atoms with E-state index in [2.05, 4.69) is 53.5 Å². The Hall–Kier alpha value is -2.25. The van der Waals surface area contributed by atoms with Gasteiger partial charge in [-0.25, -0.2) is 0 Å². The highest BCUT2D eigenvalue weighted by Crippen LogP contribution is 2.28. The summed E-state index contributed by atoms with van der Waals surface area (Å²) in [7, 11) is 0. The van der Waals surface area contributed by atoms with E-state index in [1.54, 1.807) is 0 Å². The molecule has 0 amide bonds. The van der Waals surface area contributed by atoms with Crippen LogP contribution in [0.4, 0.5) is 0 Å². The molecule has 0 fully saturated rings. The van der Waals surface area contributed by atoms with Gasteiger partial charge in [-0.3, -0.25) is 0 Å². The van der Waals surface area contributed by atoms with Crippen molar-refractivity contribution in [3.8, 4) is 11.3 Å². The van der Waals surface area contributed by atoms with Gasteiger partial charge < -0.3 is 4.98 Å². The molecular weight excluding hydrogens is 266 g/mol. The average molecular weight is 278 g/mol. The van der Waals surface area contributed by atoms with Crippen molar-refractivity contribution in [3.63, 3.8) is 0 Å². The molecule has 1 N–H and O–H groups in total. The molecular formula is C18H12ClN. The van der Waals surface area contributed by atoms with Crippen LogP contribution in [0, 0.1) is 0 Å². The lowest BCUT2D eigenvalue weighted by Crippen LogP contribution is -1.76. The zero-order valence-electron chi connectivity index (χ0n) is 10.7. The normalized spacial score (nSPS) is 11.2. The lowest BCUT2D eigenvalue weighted by molar-refractivity contribution is 1.46. The molecule has 4 aromatic rings. The number of aromatic amines is 1. The van der Waals surface area contributed by atoms with Gasteiger partial charge in [-0.1, -0.05) is 48.0 Å². The van der Waals surface area contributed by atoms with Crippen molar-refractivity contribution in [2.24, 2.45) is 0 Å². The molecule has 0 aliphatic rings. The van der Waals surface area contributed by atoms with Crippen molar-refractivity contribution in [2.75, 3.05) is 0 Å². The van der Waals surface area contributed by atoms with Crippen molar-refractivity contribution in [1.29, 1.82) is 0 Å². The van der Waals surface area contributed by atoms with Crippen LogP contribution in [-0.2, 0) is 0 Å². The Bertz CT molecular complexity index is 868. The second-order valence-electron chi connectivity index (χ2n) is 4.98. The molecule has 0 radical (unpaired) electrons. The van der Waals surface area contributed by atoms with Crippen LogP contribution in [-0.4, -0.2) is 4.98 Å². The predicted molar refractivity (Wildman–Crippen MR) is 86.3 cm³/mol. The van der Waals surface area contributed by atoms with Crippen LogP contribution in [0.25, 0.3) is 32.9 Å². The lowest BCUT2D eigenvalue weighted by atomic mass is 10.1. The van der Waals surface area contributed by atoms with Gasteiger partial charge in [0, 0.05) is 21.6 Å². The first kappa shape index (κ1) is 11.6. The predicted octanol–water partition coefficient (Wildman–Crippen LogP) is 5.64. The van der Waals surface area contributed by atoms with E-state index in [0.29, 0.717) is 0 Å². The number of aromatic nitrogens is 1. The molecule has 4 rings (SSSR count). The fourth-order valence-electron chi connectivity index (χ4n) is 2.63. The Morgan fingerprint density at radius 3 is 2.30 bits per heavy atom. The third-order valence-electron chi connectivity index (χ3n) is 3.62. The second kappa shape index (κ2) is 4.39. The third-order valence-corrected chi connectivity index (χ3v) is 3.86. The number of halogens is 1. The first-order valence-electron chi connectivity index (χ1n) is 6.57. The molecule has 0 unspecified atom stereocenters. The van der Waals surface area contributed by atoms with E-state index in [9.17, 15) is 0 Å². The van der Waals surface area contributed by atoms with Gasteiger partial charge in [0.05, 0.1) is 0 Å². The highest BCUT2D eigenvalue weighted by atomic mass is 35.5. The summed E-state index contributed by atoms with van der Waals surface area (Å²) in [6, 6.07) is 22.9. The Labute approximate surface area is 121 Å². The first-order chi connectivity index (χ1) is 9.79. The Morgan fingerprint density at radius 1 is 0.700 bits per heavy atom. The summed E-state index contributed by atoms with van der Waals surface area (Å²) in [5, 5.41) is 4.49. The minimum absolute atomic E-state index is 0.756. The maximum Gasteiger partial charge on any atom is 0.0465 e. The molecule has 1 nitrogen and oxygen atoms in total. The topological polar surface area (TPSA) is 15.8 Å². The minimum Gasteiger partial charge on any atom is -0.355 e. The highest BCUT2D eigenvalue weighted by Gasteiger charge is 2.05. The molecule has 2 heteroatoms. The zero-order valence-corrected chi connectivity index (χ0v) is 11.5. The molecule has 3 aromatic carbocycles. The van der Waals surface area contributed by atoms with Gasteiger partial charge in [0.25, 0.3) is 0 Å². The summed E-state index contributed by atoms with van der Waals surface area (Å²) >= 11 is 6.06. The quantitative estimate of drug-likeness (QED) is 0.463. The summed E-state index contributed by atoms with van der Waals surface area (Å²) in [6.07, 6.45) is 0. The minimum atomic E-state index is 0.756. The van der Waals surface area contributed by atoms with Crippen LogP contribution < -0.4 is 0 Å². The van der Waals surface area contributed by atoms with E-state index in [-0.39, 0.29) is 0 Å². The van der Waals surface area contributed by atoms with E-state index in [1.165, 1.54) is 16.2 Å². The van der Waals surface area contributed by atoms with Crippen molar-refractivity contribution in [2.45, 2.75) is 0 Å². The van der Waals surface area contributed by atoms with E-state index in [4.69, 9.17) is 11.6 Å². The number of hydrogen-bond donors (Lipinski definition) is 1. The van der Waals surface area contributed by atoms with Crippen molar-refractivity contribution in [1.82, 2.24) is 4.98 Å². The van der Waals surface area contributed by atoms with Crippen molar-refractivity contribution in [3.05, 3.63) is 71.8 Å². The first-order valence-corrected chi connectivity index (χ1v) is 6.95. The summed E-state index contributed by atoms with van der Waals surface area (Å²) in [4.78, 5) is 3.47. The van der Waals surface area contributed by atoms with Gasteiger partial charge in [0.2, 0.25) is 0 Å². The Morgan fingerprint density at radius 2 is 1.50 bits per heavy atom. The monoisotopic (exact) mass is 277 g/mol. The van der Waals surface area contributed by atoms with E-state index in [0.717, 1.165) is 21.8 Å². The van der Waals surface area contributed by atoms with Crippen LogP contribution in [0.1, 0.15) is 0 Å². The molecule has 0 atom stereocenters. The summed E-state index contributed by atoms with van der Waals surface area (Å²) in [5.74, 6) is 0. The van der Waals surface area contributed by atoms with Crippen LogP contribution in [0.3, 0.4) is 0 Å². The van der Waals surface area contributed by atoms with Gasteiger partial charge in [-0.15, -0.1) is 0 Å². The number of hydrogen-bond acceptors (Lipinski definition) is 0. The van der Waals surface area contributed by atoms with Crippen LogP contribution in [0.15, 0.2) is 66.7 Å². The van der Waals surface area contributed by atoms with E-state index >= 15 is 0 Å².